The van der Waals surface area contributed by atoms with Gasteiger partial charge in [-0.25, -0.2) is 24.3 Å². The zero-order chi connectivity index (χ0) is 58.7. The summed E-state index contributed by atoms with van der Waals surface area (Å²) in [7, 11) is -4.24. The molecule has 5 aromatic carbocycles. The van der Waals surface area contributed by atoms with Crippen molar-refractivity contribution in [3.05, 3.63) is 206 Å². The zero-order valence-electron chi connectivity index (χ0n) is 47.1. The van der Waals surface area contributed by atoms with Crippen LogP contribution < -0.4 is 30.6 Å². The summed E-state index contributed by atoms with van der Waals surface area (Å²) in [5.74, 6) is 1.03. The molecule has 0 spiro atoms. The van der Waals surface area contributed by atoms with Crippen molar-refractivity contribution in [1.82, 2.24) is 29.1 Å². The molecule has 0 aliphatic carbocycles. The molecular formula is C60H65ClN7O13PSi. The molecule has 2 saturated heterocycles. The number of fused-ring (bicyclic) bond motifs is 1. The number of methoxy groups -OCH3 is 2. The van der Waals surface area contributed by atoms with Gasteiger partial charge in [-0.2, -0.15) is 0 Å². The molecule has 2 aliphatic rings. The fourth-order valence-electron chi connectivity index (χ4n) is 9.89. The third-order valence-electron chi connectivity index (χ3n) is 15.4. The number of halogens is 1. The number of ether oxygens (including phenoxy) is 5. The Bertz CT molecular complexity index is 3690. The number of hydrogen-bond donors (Lipinski definition) is 2. The Hall–Kier alpha value is -7.30. The molecule has 0 saturated carbocycles. The molecule has 10 rings (SSSR count). The lowest BCUT2D eigenvalue weighted by molar-refractivity contribution is -0.0936. The number of hydrogen-bond acceptors (Lipinski definition) is 16. The summed E-state index contributed by atoms with van der Waals surface area (Å²) >= 11 is 6.74. The van der Waals surface area contributed by atoms with Crippen LogP contribution in [0.3, 0.4) is 0 Å². The molecule has 2 aliphatic heterocycles. The van der Waals surface area contributed by atoms with Gasteiger partial charge in [-0.1, -0.05) is 117 Å². The maximum atomic E-state index is 16.0. The van der Waals surface area contributed by atoms with Crippen LogP contribution in [0, 0.1) is 6.92 Å². The first-order valence-electron chi connectivity index (χ1n) is 27.0. The van der Waals surface area contributed by atoms with Crippen molar-refractivity contribution in [2.75, 3.05) is 32.8 Å². The van der Waals surface area contributed by atoms with Gasteiger partial charge in [-0.15, -0.1) is 0 Å². The average molecular weight is 1190 g/mol. The summed E-state index contributed by atoms with van der Waals surface area (Å²) in [5, 5.41) is 2.74. The third kappa shape index (κ3) is 12.6. The second-order valence-electron chi connectivity index (χ2n) is 21.7. The standard InChI is InChI=1S/C60H65ClN7O13PSi/c1-38-33-67(58(71)66-56(38)69)51-32-48(81-83(7,8)59(2,3)4)50(78-51)35-76-82(72,79-46-22-16-15-21-45(46)61)80-47-31-52(68-37-64-53-54(62-36-63-55(53)68)65-57(70)39-17-11-9-12-18-39)77-49(47)34-75-60(40-19-13-10-14-20-40,41-23-27-43(73-5)28-24-41)42-25-29-44(74-6)30-26-42/h9-30,33,36-37,47-52H,31-32,34-35H2,1-8H3,(H,66,69,71)(H,62,63,65,70)/t47-,48-,49+,50+,51+,52+,82?/m0/s1. The van der Waals surface area contributed by atoms with Crippen LogP contribution in [0.15, 0.2) is 162 Å². The Balaban J connectivity index is 1.04. The molecule has 7 atom stereocenters. The lowest BCUT2D eigenvalue weighted by atomic mass is 9.80. The van der Waals surface area contributed by atoms with Crippen LogP contribution in [-0.2, 0) is 37.9 Å². The van der Waals surface area contributed by atoms with Crippen molar-refractivity contribution in [2.45, 2.75) is 101 Å². The van der Waals surface area contributed by atoms with Crippen LogP contribution in [-0.4, -0.2) is 95.1 Å². The highest BCUT2D eigenvalue weighted by Gasteiger charge is 2.50. The van der Waals surface area contributed by atoms with Gasteiger partial charge >= 0.3 is 13.5 Å². The number of benzene rings is 5. The van der Waals surface area contributed by atoms with Gasteiger partial charge in [-0.05, 0) is 90.3 Å². The first-order valence-corrected chi connectivity index (χ1v) is 31.7. The molecule has 0 radical (unpaired) electrons. The second kappa shape index (κ2) is 24.5. The number of phosphoric ester groups is 1. The Morgan fingerprint density at radius 3 is 1.96 bits per heavy atom. The van der Waals surface area contributed by atoms with E-state index < -0.39 is 82.4 Å². The van der Waals surface area contributed by atoms with E-state index in [1.54, 1.807) is 68.2 Å². The molecular weight excluding hydrogens is 1120 g/mol. The largest absolute Gasteiger partial charge is 0.530 e. The molecule has 434 valence electrons. The van der Waals surface area contributed by atoms with E-state index in [-0.39, 0.29) is 46.6 Å². The number of phosphoric acid groups is 1. The maximum Gasteiger partial charge on any atom is 0.530 e. The van der Waals surface area contributed by atoms with Gasteiger partial charge in [0.25, 0.3) is 11.5 Å². The smallest absolute Gasteiger partial charge is 0.497 e. The molecule has 83 heavy (non-hydrogen) atoms. The summed E-state index contributed by atoms with van der Waals surface area (Å²) < 4.78 is 77.8. The normalized spacial score (nSPS) is 20.0. The van der Waals surface area contributed by atoms with Crippen molar-refractivity contribution >= 4 is 50.6 Å². The van der Waals surface area contributed by atoms with Crippen molar-refractivity contribution in [2.24, 2.45) is 0 Å². The fraction of sp³-hybridized carbons (Fsp3) is 0.333. The van der Waals surface area contributed by atoms with Gasteiger partial charge in [0, 0.05) is 30.2 Å². The fourth-order valence-corrected chi connectivity index (χ4v) is 12.9. The number of nitrogens with one attached hydrogen (secondary N) is 2. The van der Waals surface area contributed by atoms with E-state index in [1.165, 1.54) is 29.5 Å². The van der Waals surface area contributed by atoms with Crippen molar-refractivity contribution in [1.29, 1.82) is 0 Å². The molecule has 5 heterocycles. The number of rotatable bonds is 21. The lowest BCUT2D eigenvalue weighted by Gasteiger charge is -2.39. The van der Waals surface area contributed by atoms with Crippen molar-refractivity contribution in [3.8, 4) is 17.2 Å². The van der Waals surface area contributed by atoms with E-state index in [0.717, 1.165) is 16.7 Å². The second-order valence-corrected chi connectivity index (χ2v) is 28.4. The molecule has 2 N–H and O–H groups in total. The van der Waals surface area contributed by atoms with Gasteiger partial charge in [0.05, 0.1) is 44.9 Å². The quantitative estimate of drug-likeness (QED) is 0.0387. The number of amides is 1. The number of aromatic nitrogens is 6. The minimum absolute atomic E-state index is 0.000174. The van der Waals surface area contributed by atoms with E-state index in [1.807, 2.05) is 84.9 Å². The molecule has 1 unspecified atom stereocenters. The number of carbonyl (C=O) groups is 1. The molecule has 20 nitrogen and oxygen atoms in total. The molecule has 1 amide bonds. The minimum Gasteiger partial charge on any atom is -0.497 e. The number of nitrogens with zero attached hydrogens (tertiary/aromatic N) is 5. The number of para-hydroxylation sites is 1. The number of H-pyrrole nitrogens is 1. The predicted molar refractivity (Wildman–Crippen MR) is 314 cm³/mol. The van der Waals surface area contributed by atoms with Crippen molar-refractivity contribution < 1.29 is 51.0 Å². The molecule has 8 aromatic rings. The maximum absolute atomic E-state index is 16.0. The Morgan fingerprint density at radius 2 is 1.34 bits per heavy atom. The van der Waals surface area contributed by atoms with Crippen LogP contribution >= 0.6 is 19.4 Å². The number of carbonyl (C=O) groups excluding carboxylic acids is 1. The van der Waals surface area contributed by atoms with Crippen molar-refractivity contribution in [3.63, 3.8) is 0 Å². The van der Waals surface area contributed by atoms with Crippen LogP contribution in [0.25, 0.3) is 11.2 Å². The number of aryl methyl sites for hydroxylation is 1. The minimum atomic E-state index is -4.88. The van der Waals surface area contributed by atoms with Gasteiger partial charge in [0.1, 0.15) is 59.9 Å². The molecule has 2 fully saturated rings. The lowest BCUT2D eigenvalue weighted by Crippen LogP contribution is -2.46. The Kier molecular flexibility index (Phi) is 17.4. The summed E-state index contributed by atoms with van der Waals surface area (Å²) in [6.07, 6.45) is -1.20. The topological polar surface area (TPSA) is 228 Å². The van der Waals surface area contributed by atoms with Gasteiger partial charge in [-0.3, -0.25) is 32.8 Å². The first-order chi connectivity index (χ1) is 39.8. The monoisotopic (exact) mass is 1190 g/mol. The van der Waals surface area contributed by atoms with Gasteiger partial charge in [0.15, 0.2) is 25.3 Å². The summed E-state index contributed by atoms with van der Waals surface area (Å²) in [5.41, 5.74) is 1.04. The highest BCUT2D eigenvalue weighted by molar-refractivity contribution is 7.49. The Morgan fingerprint density at radius 1 is 0.759 bits per heavy atom. The SMILES string of the molecule is COc1ccc(C(OC[C@H]2O[C@@H](n3cnc4c(NC(=O)c5ccccc5)ncnc43)C[C@@H]2OP(=O)(OC[C@H]2O[C@@H](n3cc(C)c(=O)[nH]c3=O)C[C@@H]2O[Si](C)(C)C(C)(C)C)Oc2ccccc2Cl)(c2ccccc2)c2ccc(OC)cc2)cc1. The third-order valence-corrected chi connectivity index (χ3v) is 21.6. The van der Waals surface area contributed by atoms with E-state index in [4.69, 9.17) is 53.3 Å². The summed E-state index contributed by atoms with van der Waals surface area (Å²) in [4.78, 5) is 55.2. The predicted octanol–water partition coefficient (Wildman–Crippen LogP) is 11.2. The molecule has 3 aromatic heterocycles. The van der Waals surface area contributed by atoms with Crippen LogP contribution in [0.5, 0.6) is 17.2 Å². The van der Waals surface area contributed by atoms with E-state index >= 15 is 4.57 Å². The van der Waals surface area contributed by atoms with Crippen LogP contribution in [0.4, 0.5) is 5.82 Å². The van der Waals surface area contributed by atoms with E-state index in [2.05, 4.69) is 59.1 Å². The van der Waals surface area contributed by atoms with Crippen LogP contribution in [0.1, 0.15) is 78.7 Å². The number of anilines is 1. The Labute approximate surface area is 485 Å². The van der Waals surface area contributed by atoms with Crippen LogP contribution in [0.2, 0.25) is 23.2 Å². The summed E-state index contributed by atoms with van der Waals surface area (Å²) in [6.45, 7) is 11.5. The summed E-state index contributed by atoms with van der Waals surface area (Å²) in [6, 6.07) is 40.0. The zero-order valence-corrected chi connectivity index (χ0v) is 49.7. The highest BCUT2D eigenvalue weighted by Crippen LogP contribution is 2.55. The van der Waals surface area contributed by atoms with E-state index in [0.29, 0.717) is 28.3 Å². The van der Waals surface area contributed by atoms with Gasteiger partial charge in [0.2, 0.25) is 0 Å². The number of imidazole rings is 1. The molecule has 23 heteroatoms. The molecule has 0 bridgehead atoms. The number of aromatic amines is 1. The first kappa shape index (κ1) is 58.9. The van der Waals surface area contributed by atoms with Gasteiger partial charge < -0.3 is 38.0 Å². The highest BCUT2D eigenvalue weighted by atomic mass is 35.5. The average Bonchev–Trinajstić information content (AvgIpc) is 2.59. The van der Waals surface area contributed by atoms with E-state index in [9.17, 15) is 14.4 Å².